The molecule has 5 nitrogen and oxygen atoms in total. The molecule has 3 aromatic carbocycles. The quantitative estimate of drug-likeness (QED) is 0.661. The summed E-state index contributed by atoms with van der Waals surface area (Å²) in [5.74, 6) is 1.08. The molecular formula is C22H24N2O3. The molecule has 0 aromatic heterocycles. The van der Waals surface area contributed by atoms with Crippen molar-refractivity contribution < 1.29 is 14.3 Å². The van der Waals surface area contributed by atoms with Gasteiger partial charge in [-0.1, -0.05) is 42.5 Å². The molecule has 0 spiro atoms. The lowest BCUT2D eigenvalue weighted by molar-refractivity contribution is -0.115. The van der Waals surface area contributed by atoms with Crippen LogP contribution >= 0.6 is 0 Å². The van der Waals surface area contributed by atoms with Crippen molar-refractivity contribution in [3.63, 3.8) is 0 Å². The number of carbonyl (C=O) groups is 1. The summed E-state index contributed by atoms with van der Waals surface area (Å²) in [6, 6.07) is 19.8. The van der Waals surface area contributed by atoms with Crippen LogP contribution in [0, 0.1) is 0 Å². The molecule has 2 N–H and O–H groups in total. The molecule has 0 unspecified atom stereocenters. The Bertz CT molecular complexity index is 934. The van der Waals surface area contributed by atoms with Crippen molar-refractivity contribution in [2.45, 2.75) is 13.0 Å². The third-order valence-corrected chi connectivity index (χ3v) is 4.53. The minimum absolute atomic E-state index is 0.0484. The van der Waals surface area contributed by atoms with E-state index in [1.165, 1.54) is 16.3 Å². The van der Waals surface area contributed by atoms with Crippen molar-refractivity contribution in [1.82, 2.24) is 5.32 Å². The molecule has 0 saturated heterocycles. The first-order valence-corrected chi connectivity index (χ1v) is 8.85. The molecule has 0 aliphatic carbocycles. The fourth-order valence-electron chi connectivity index (χ4n) is 3.10. The maximum absolute atomic E-state index is 12.3. The third kappa shape index (κ3) is 4.38. The van der Waals surface area contributed by atoms with E-state index in [1.807, 2.05) is 18.2 Å². The number of benzene rings is 3. The number of fused-ring (bicyclic) bond motifs is 1. The first-order valence-electron chi connectivity index (χ1n) is 8.85. The second-order valence-electron chi connectivity index (χ2n) is 6.29. The Labute approximate surface area is 159 Å². The Morgan fingerprint density at radius 2 is 1.70 bits per heavy atom. The van der Waals surface area contributed by atoms with Crippen LogP contribution in [0.15, 0.2) is 60.7 Å². The lowest BCUT2D eigenvalue weighted by atomic mass is 10.00. The highest BCUT2D eigenvalue weighted by Gasteiger charge is 2.12. The molecule has 0 radical (unpaired) electrons. The van der Waals surface area contributed by atoms with Crippen LogP contribution in [-0.2, 0) is 4.79 Å². The van der Waals surface area contributed by atoms with E-state index < -0.39 is 0 Å². The molecule has 0 bridgehead atoms. The number of methoxy groups -OCH3 is 2. The van der Waals surface area contributed by atoms with Crippen LogP contribution in [0.3, 0.4) is 0 Å². The van der Waals surface area contributed by atoms with E-state index in [1.54, 1.807) is 32.4 Å². The van der Waals surface area contributed by atoms with E-state index in [9.17, 15) is 4.79 Å². The van der Waals surface area contributed by atoms with Gasteiger partial charge in [0.15, 0.2) is 11.5 Å². The van der Waals surface area contributed by atoms with Crippen LogP contribution in [0.2, 0.25) is 0 Å². The Kier molecular flexibility index (Phi) is 5.94. The zero-order chi connectivity index (χ0) is 19.2. The van der Waals surface area contributed by atoms with Crippen molar-refractivity contribution >= 4 is 22.4 Å². The summed E-state index contributed by atoms with van der Waals surface area (Å²) in [5, 5.41) is 8.56. The lowest BCUT2D eigenvalue weighted by Crippen LogP contribution is -2.30. The van der Waals surface area contributed by atoms with Gasteiger partial charge in [0.1, 0.15) is 0 Å². The molecule has 1 atom stereocenters. The van der Waals surface area contributed by atoms with Crippen LogP contribution in [0.1, 0.15) is 18.5 Å². The SMILES string of the molecule is COc1ccc(NC(=O)CN[C@H](C)c2cccc3ccccc23)cc1OC. The van der Waals surface area contributed by atoms with Crippen LogP contribution in [0.25, 0.3) is 10.8 Å². The Morgan fingerprint density at radius 3 is 2.48 bits per heavy atom. The highest BCUT2D eigenvalue weighted by molar-refractivity contribution is 5.92. The molecule has 140 valence electrons. The van der Waals surface area contributed by atoms with Gasteiger partial charge in [-0.05, 0) is 35.4 Å². The summed E-state index contributed by atoms with van der Waals surface area (Å²) in [4.78, 5) is 12.3. The van der Waals surface area contributed by atoms with Crippen molar-refractivity contribution in [3.8, 4) is 11.5 Å². The maximum atomic E-state index is 12.3. The van der Waals surface area contributed by atoms with E-state index in [0.29, 0.717) is 17.2 Å². The van der Waals surface area contributed by atoms with E-state index in [4.69, 9.17) is 9.47 Å². The molecule has 3 rings (SSSR count). The van der Waals surface area contributed by atoms with E-state index in [-0.39, 0.29) is 18.5 Å². The van der Waals surface area contributed by atoms with Crippen molar-refractivity contribution in [1.29, 1.82) is 0 Å². The number of carbonyl (C=O) groups excluding carboxylic acids is 1. The van der Waals surface area contributed by atoms with Crippen molar-refractivity contribution in [3.05, 3.63) is 66.2 Å². The van der Waals surface area contributed by atoms with Gasteiger partial charge < -0.3 is 20.1 Å². The van der Waals surface area contributed by atoms with E-state index >= 15 is 0 Å². The van der Waals surface area contributed by atoms with Crippen molar-refractivity contribution in [2.24, 2.45) is 0 Å². The Balaban J connectivity index is 1.63. The number of ether oxygens (including phenoxy) is 2. The number of rotatable bonds is 7. The first-order chi connectivity index (χ1) is 13.1. The molecule has 0 heterocycles. The van der Waals surface area contributed by atoms with Crippen molar-refractivity contribution in [2.75, 3.05) is 26.1 Å². The summed E-state index contributed by atoms with van der Waals surface area (Å²) in [7, 11) is 3.14. The van der Waals surface area contributed by atoms with Gasteiger partial charge in [-0.15, -0.1) is 0 Å². The van der Waals surface area contributed by atoms with Crippen LogP contribution in [0.4, 0.5) is 5.69 Å². The predicted octanol–water partition coefficient (Wildman–Crippen LogP) is 4.15. The third-order valence-electron chi connectivity index (χ3n) is 4.53. The molecule has 0 aliphatic rings. The summed E-state index contributed by atoms with van der Waals surface area (Å²) >= 11 is 0. The second kappa shape index (κ2) is 8.56. The highest BCUT2D eigenvalue weighted by atomic mass is 16.5. The summed E-state index contributed by atoms with van der Waals surface area (Å²) in [6.07, 6.45) is 0. The maximum Gasteiger partial charge on any atom is 0.238 e. The fourth-order valence-corrected chi connectivity index (χ4v) is 3.10. The van der Waals surface area contributed by atoms with Gasteiger partial charge in [0.25, 0.3) is 0 Å². The number of hydrogen-bond donors (Lipinski definition) is 2. The van der Waals surface area contributed by atoms with Gasteiger partial charge in [0.05, 0.1) is 20.8 Å². The van der Waals surface area contributed by atoms with E-state index in [0.717, 1.165) is 0 Å². The normalized spacial score (nSPS) is 11.8. The van der Waals surface area contributed by atoms with Gasteiger partial charge >= 0.3 is 0 Å². The van der Waals surface area contributed by atoms with Crippen LogP contribution in [-0.4, -0.2) is 26.7 Å². The number of amides is 1. The van der Waals surface area contributed by atoms with Crippen LogP contribution in [0.5, 0.6) is 11.5 Å². The molecule has 1 amide bonds. The predicted molar refractivity (Wildman–Crippen MR) is 109 cm³/mol. The molecule has 3 aromatic rings. The molecule has 27 heavy (non-hydrogen) atoms. The number of nitrogens with one attached hydrogen (secondary N) is 2. The molecule has 0 saturated carbocycles. The number of hydrogen-bond acceptors (Lipinski definition) is 4. The smallest absolute Gasteiger partial charge is 0.238 e. The monoisotopic (exact) mass is 364 g/mol. The topological polar surface area (TPSA) is 59.6 Å². The van der Waals surface area contributed by atoms with Gasteiger partial charge in [0, 0.05) is 17.8 Å². The Hall–Kier alpha value is -3.05. The summed E-state index contributed by atoms with van der Waals surface area (Å²) < 4.78 is 10.5. The summed E-state index contributed by atoms with van der Waals surface area (Å²) in [5.41, 5.74) is 1.84. The lowest BCUT2D eigenvalue weighted by Gasteiger charge is -2.17. The fraction of sp³-hybridized carbons (Fsp3) is 0.227. The minimum atomic E-state index is -0.116. The van der Waals surface area contributed by atoms with Gasteiger partial charge in [0.2, 0.25) is 5.91 Å². The Morgan fingerprint density at radius 1 is 0.963 bits per heavy atom. The second-order valence-corrected chi connectivity index (χ2v) is 6.29. The standard InChI is InChI=1S/C22H24N2O3/c1-15(18-10-6-8-16-7-4-5-9-19(16)18)23-14-22(25)24-17-11-12-20(26-2)21(13-17)27-3/h4-13,15,23H,14H2,1-3H3,(H,24,25)/t15-/m1/s1. The first kappa shape index (κ1) is 18.7. The van der Waals surface area contributed by atoms with Gasteiger partial charge in [-0.25, -0.2) is 0 Å². The highest BCUT2D eigenvalue weighted by Crippen LogP contribution is 2.29. The van der Waals surface area contributed by atoms with Crippen LogP contribution < -0.4 is 20.1 Å². The van der Waals surface area contributed by atoms with Gasteiger partial charge in [-0.3, -0.25) is 4.79 Å². The molecule has 5 heteroatoms. The number of anilines is 1. The largest absolute Gasteiger partial charge is 0.493 e. The average molecular weight is 364 g/mol. The molecule has 0 fully saturated rings. The van der Waals surface area contributed by atoms with E-state index in [2.05, 4.69) is 41.8 Å². The minimum Gasteiger partial charge on any atom is -0.493 e. The van der Waals surface area contributed by atoms with Gasteiger partial charge in [-0.2, -0.15) is 0 Å². The zero-order valence-corrected chi connectivity index (χ0v) is 15.8. The molecule has 0 aliphatic heterocycles. The summed E-state index contributed by atoms with van der Waals surface area (Å²) in [6.45, 7) is 2.27. The molecular weight excluding hydrogens is 340 g/mol. The zero-order valence-electron chi connectivity index (χ0n) is 15.8. The average Bonchev–Trinajstić information content (AvgIpc) is 2.71.